The molecule has 12 heteroatoms. The molecule has 3 N–H and O–H groups in total. The van der Waals surface area contributed by atoms with Crippen molar-refractivity contribution in [2.75, 3.05) is 20.3 Å². The summed E-state index contributed by atoms with van der Waals surface area (Å²) in [4.78, 5) is 41.8. The topological polar surface area (TPSA) is 117 Å². The number of carbonyl (C=O) groups is 1. The van der Waals surface area contributed by atoms with E-state index in [-0.39, 0.29) is 34.6 Å². The summed E-state index contributed by atoms with van der Waals surface area (Å²) in [5.41, 5.74) is 12.1. The molecule has 3 unspecified atom stereocenters. The molecule has 2 aromatic rings. The van der Waals surface area contributed by atoms with Gasteiger partial charge in [0.25, 0.3) is 5.92 Å². The number of aromatic nitrogens is 4. The van der Waals surface area contributed by atoms with Crippen molar-refractivity contribution in [1.82, 2.24) is 30.3 Å². The summed E-state index contributed by atoms with van der Waals surface area (Å²) in [6.45, 7) is 13.3. The number of carbonyl (C=O) groups excluding carboxylic acids is 1. The van der Waals surface area contributed by atoms with Gasteiger partial charge < -0.3 is 19.6 Å². The normalized spacial score (nSPS) is 23.0. The molecule has 1 amide bonds. The molecular weight excluding hydrogens is 787 g/mol. The Morgan fingerprint density at radius 2 is 1.82 bits per heavy atom. The highest BCUT2D eigenvalue weighted by Crippen LogP contribution is 2.43. The molecule has 10 nitrogen and oxygen atoms in total. The molecule has 2 aromatic heterocycles. The van der Waals surface area contributed by atoms with Gasteiger partial charge in [-0.25, -0.2) is 14.9 Å². The van der Waals surface area contributed by atoms with Crippen LogP contribution in [0.4, 0.5) is 8.78 Å². The van der Waals surface area contributed by atoms with E-state index in [2.05, 4.69) is 47.7 Å². The van der Waals surface area contributed by atoms with E-state index in [0.717, 1.165) is 69.7 Å². The first-order valence-electron chi connectivity index (χ1n) is 22.5. The summed E-state index contributed by atoms with van der Waals surface area (Å²) in [6.07, 6.45) is 27.3. The lowest BCUT2D eigenvalue weighted by molar-refractivity contribution is -0.317. The van der Waals surface area contributed by atoms with Crippen molar-refractivity contribution in [2.45, 2.75) is 142 Å². The minimum Gasteiger partial charge on any atom is -0.375 e. The van der Waals surface area contributed by atoms with E-state index in [0.29, 0.717) is 76.5 Å². The van der Waals surface area contributed by atoms with Gasteiger partial charge in [-0.1, -0.05) is 59.1 Å². The van der Waals surface area contributed by atoms with Crippen molar-refractivity contribution in [2.24, 2.45) is 0 Å². The number of allylic oxidation sites excluding steroid dienone is 12. The molecule has 3 aliphatic carbocycles. The molecule has 332 valence electrons. The fraction of sp³-hybridized carbons (Fsp3) is 0.500. The number of nitrogens with zero attached hydrogens (tertiary/aromatic N) is 3. The van der Waals surface area contributed by atoms with Crippen LogP contribution in [-0.4, -0.2) is 68.6 Å². The molecule has 1 fully saturated rings. The lowest BCUT2D eigenvalue weighted by Crippen LogP contribution is -2.40. The fourth-order valence-corrected chi connectivity index (χ4v) is 8.79. The van der Waals surface area contributed by atoms with Gasteiger partial charge in [-0.3, -0.25) is 4.79 Å². The number of hydroxylamine groups is 1. The molecule has 3 atom stereocenters. The van der Waals surface area contributed by atoms with Gasteiger partial charge in [-0.2, -0.15) is 14.3 Å². The second-order valence-corrected chi connectivity index (χ2v) is 16.8. The quantitative estimate of drug-likeness (QED) is 0.0526. The summed E-state index contributed by atoms with van der Waals surface area (Å²) in [5.74, 6) is -1.97. The predicted molar refractivity (Wildman–Crippen MR) is 240 cm³/mol. The Morgan fingerprint density at radius 3 is 2.55 bits per heavy atom. The Balaban J connectivity index is 1.30. The number of halogens is 2. The average molecular weight is 851 g/mol. The highest BCUT2D eigenvalue weighted by Gasteiger charge is 2.40. The molecule has 0 saturated carbocycles. The number of aromatic amines is 2. The van der Waals surface area contributed by atoms with Crippen LogP contribution in [0.2, 0.25) is 0 Å². The third-order valence-electron chi connectivity index (χ3n) is 12.3. The first kappa shape index (κ1) is 46.6. The third kappa shape index (κ3) is 11.0. The van der Waals surface area contributed by atoms with Crippen molar-refractivity contribution >= 4 is 23.6 Å². The molecule has 0 radical (unpaired) electrons. The SMILES string of the molecule is CCCCC(CCC)N(Cc1nc2c([nH]1)=CC(C1=C/C=C(\C)C3=C=CC=C(c4cnc(C(CNOOC)CC5(CC)CCCO5)[nH]4)C=C3C(F)(F)\C(C)=C\1)=C=CC=2)C(=O)CCC. The van der Waals surface area contributed by atoms with Crippen molar-refractivity contribution in [3.63, 3.8) is 0 Å². The molecule has 1 saturated heterocycles. The molecular formula is C50H64F2N6O4. The van der Waals surface area contributed by atoms with Gasteiger partial charge in [-0.15, -0.1) is 16.5 Å². The monoisotopic (exact) mass is 850 g/mol. The van der Waals surface area contributed by atoms with Crippen molar-refractivity contribution in [1.29, 1.82) is 0 Å². The van der Waals surface area contributed by atoms with E-state index < -0.39 is 5.92 Å². The van der Waals surface area contributed by atoms with Gasteiger partial charge in [0, 0.05) is 59.4 Å². The number of hydrogen-bond acceptors (Lipinski definition) is 7. The van der Waals surface area contributed by atoms with Crippen molar-refractivity contribution in [3.05, 3.63) is 122 Å². The fourth-order valence-electron chi connectivity index (χ4n) is 8.79. The van der Waals surface area contributed by atoms with Crippen LogP contribution < -0.4 is 16.2 Å². The smallest absolute Gasteiger partial charge is 0.295 e. The third-order valence-corrected chi connectivity index (χ3v) is 12.3. The summed E-state index contributed by atoms with van der Waals surface area (Å²) >= 11 is 0. The van der Waals surface area contributed by atoms with E-state index in [1.54, 1.807) is 30.5 Å². The summed E-state index contributed by atoms with van der Waals surface area (Å²) < 4.78 is 40.3. The average Bonchev–Trinajstić information content (AvgIpc) is 3.96. The van der Waals surface area contributed by atoms with E-state index in [9.17, 15) is 4.79 Å². The number of imidazole rings is 2. The molecule has 3 heterocycles. The number of ether oxygens (including phenoxy) is 1. The van der Waals surface area contributed by atoms with Crippen LogP contribution in [0.1, 0.15) is 135 Å². The zero-order valence-corrected chi connectivity index (χ0v) is 37.6. The number of nitrogens with one attached hydrogen (secondary N) is 3. The Morgan fingerprint density at radius 1 is 1.00 bits per heavy atom. The highest BCUT2D eigenvalue weighted by molar-refractivity contribution is 5.78. The van der Waals surface area contributed by atoms with Crippen LogP contribution in [0.25, 0.3) is 17.7 Å². The van der Waals surface area contributed by atoms with Gasteiger partial charge in [0.15, 0.2) is 0 Å². The zero-order chi connectivity index (χ0) is 44.3. The molecule has 62 heavy (non-hydrogen) atoms. The van der Waals surface area contributed by atoms with E-state index in [1.165, 1.54) is 20.1 Å². The summed E-state index contributed by atoms with van der Waals surface area (Å²) in [6, 6.07) is 0.143. The zero-order valence-electron chi connectivity index (χ0n) is 37.6. The van der Waals surface area contributed by atoms with E-state index in [4.69, 9.17) is 24.6 Å². The van der Waals surface area contributed by atoms with Crippen LogP contribution in [0.15, 0.2) is 93.6 Å². The number of rotatable bonds is 20. The van der Waals surface area contributed by atoms with Crippen molar-refractivity contribution < 1.29 is 28.2 Å². The maximum atomic E-state index is 17.0. The maximum Gasteiger partial charge on any atom is 0.295 e. The summed E-state index contributed by atoms with van der Waals surface area (Å²) in [7, 11) is 1.43. The largest absolute Gasteiger partial charge is 0.375 e. The molecule has 1 aliphatic heterocycles. The van der Waals surface area contributed by atoms with Crippen LogP contribution in [-0.2, 0) is 26.0 Å². The number of unbranched alkanes of at least 4 members (excludes halogenated alkanes) is 1. The number of alkyl halides is 2. The number of amides is 1. The molecule has 0 bridgehead atoms. The Kier molecular flexibility index (Phi) is 16.1. The Hall–Kier alpha value is -4.93. The van der Waals surface area contributed by atoms with Gasteiger partial charge in [-0.05, 0) is 112 Å². The van der Waals surface area contributed by atoms with Crippen LogP contribution in [0.3, 0.4) is 0 Å². The standard InChI is InChI=1S/C50H64F2N6O4/c1-8-12-20-40(16-9-2)58(47(59)17-10-3)33-46-55-43-22-14-18-36(29-44(43)56-46)37-24-23-34(5)41-21-13-19-38(28-42(41)50(51,52)35(6)27-37)45-32-53-48(57-45)39(31-54-62-60-7)30-49(11-4)25-15-26-61-49/h13-14,19,22-24,27-29,32,39-40,54H,8-12,15-17,20,25-26,30-31,33H2,1-7H3,(H,53,57)(H,55,56)/b34-23+,35-27+,37-24+. The lowest BCUT2D eigenvalue weighted by Gasteiger charge is -2.31. The predicted octanol–water partition coefficient (Wildman–Crippen LogP) is 9.37. The number of fused-ring (bicyclic) bond motifs is 2. The van der Waals surface area contributed by atoms with Gasteiger partial charge in [0.1, 0.15) is 11.6 Å². The summed E-state index contributed by atoms with van der Waals surface area (Å²) in [5, 5.41) is 1.44. The molecule has 0 aromatic carbocycles. The second-order valence-electron chi connectivity index (χ2n) is 16.8. The highest BCUT2D eigenvalue weighted by atomic mass is 19.3. The Labute approximate surface area is 365 Å². The number of hydrogen-bond donors (Lipinski definition) is 3. The van der Waals surface area contributed by atoms with Gasteiger partial charge in [0.05, 0.1) is 41.8 Å². The maximum absolute atomic E-state index is 17.0. The first-order chi connectivity index (χ1) is 29.9. The molecule has 0 spiro atoms. The van der Waals surface area contributed by atoms with Gasteiger partial charge in [0.2, 0.25) is 5.91 Å². The van der Waals surface area contributed by atoms with E-state index >= 15 is 8.78 Å². The van der Waals surface area contributed by atoms with Crippen LogP contribution >= 0.6 is 0 Å². The minimum absolute atomic E-state index is 0.129. The van der Waals surface area contributed by atoms with Crippen LogP contribution in [0, 0.1) is 0 Å². The minimum atomic E-state index is -3.37. The van der Waals surface area contributed by atoms with Crippen LogP contribution in [0.5, 0.6) is 0 Å². The molecule has 6 rings (SSSR count). The van der Waals surface area contributed by atoms with Crippen molar-refractivity contribution in [3.8, 4) is 0 Å². The first-order valence-corrected chi connectivity index (χ1v) is 22.5. The lowest BCUT2D eigenvalue weighted by atomic mass is 9.85. The van der Waals surface area contributed by atoms with E-state index in [1.807, 2.05) is 43.1 Å². The second kappa shape index (κ2) is 21.4. The number of H-pyrrole nitrogens is 2. The molecule has 4 aliphatic rings. The Bertz CT molecular complexity index is 2360. The van der Waals surface area contributed by atoms with Gasteiger partial charge >= 0.3 is 0 Å².